The van der Waals surface area contributed by atoms with E-state index in [1.165, 1.54) is 0 Å². The number of hydrogen-bond donors (Lipinski definition) is 1. The smallest absolute Gasteiger partial charge is 0.335 e. The normalized spacial score (nSPS) is 13.8. The van der Waals surface area contributed by atoms with Gasteiger partial charge in [0.25, 0.3) is 0 Å². The third-order valence-corrected chi connectivity index (χ3v) is 3.11. The molecule has 1 N–H and O–H groups in total. The Labute approximate surface area is 106 Å². The van der Waals surface area contributed by atoms with Crippen LogP contribution in [0.5, 0.6) is 0 Å². The molecule has 1 aliphatic heterocycles. The standard InChI is InChI=1S/C14H17NO3/c1-9(2)5-13(16)15-7-11-4-3-10(14(17)18)6-12(11)8-15/h3-4,6,9H,5,7-8H2,1-2H3,(H,17,18). The first-order chi connectivity index (χ1) is 8.47. The molecule has 1 heterocycles. The SMILES string of the molecule is CC(C)CC(=O)N1Cc2ccc(C(=O)O)cc2C1. The first-order valence-electron chi connectivity index (χ1n) is 6.10. The number of carboxylic acid groups (broad SMARTS) is 1. The van der Waals surface area contributed by atoms with E-state index in [4.69, 9.17) is 5.11 Å². The summed E-state index contributed by atoms with van der Waals surface area (Å²) in [6, 6.07) is 5.07. The molecule has 0 spiro atoms. The second-order valence-electron chi connectivity index (χ2n) is 5.14. The predicted molar refractivity (Wildman–Crippen MR) is 67.1 cm³/mol. The molecule has 2 rings (SSSR count). The van der Waals surface area contributed by atoms with Crippen molar-refractivity contribution in [3.63, 3.8) is 0 Å². The van der Waals surface area contributed by atoms with E-state index in [0.717, 1.165) is 11.1 Å². The number of benzene rings is 1. The molecular weight excluding hydrogens is 230 g/mol. The van der Waals surface area contributed by atoms with E-state index < -0.39 is 5.97 Å². The van der Waals surface area contributed by atoms with Gasteiger partial charge in [0.2, 0.25) is 5.91 Å². The summed E-state index contributed by atoms with van der Waals surface area (Å²) in [6.45, 7) is 5.16. The molecule has 0 bridgehead atoms. The Balaban J connectivity index is 2.13. The van der Waals surface area contributed by atoms with Gasteiger partial charge in [-0.1, -0.05) is 19.9 Å². The summed E-state index contributed by atoms with van der Waals surface area (Å²) in [4.78, 5) is 24.6. The van der Waals surface area contributed by atoms with E-state index in [9.17, 15) is 9.59 Å². The van der Waals surface area contributed by atoms with Crippen LogP contribution >= 0.6 is 0 Å². The Bertz CT molecular complexity index is 494. The number of hydrogen-bond acceptors (Lipinski definition) is 2. The van der Waals surface area contributed by atoms with Crippen LogP contribution in [0.4, 0.5) is 0 Å². The van der Waals surface area contributed by atoms with Crippen molar-refractivity contribution in [1.82, 2.24) is 4.90 Å². The van der Waals surface area contributed by atoms with Crippen LogP contribution in [0.2, 0.25) is 0 Å². The average molecular weight is 247 g/mol. The van der Waals surface area contributed by atoms with Gasteiger partial charge in [0.05, 0.1) is 5.56 Å². The summed E-state index contributed by atoms with van der Waals surface area (Å²) < 4.78 is 0. The number of carbonyl (C=O) groups excluding carboxylic acids is 1. The Kier molecular flexibility index (Phi) is 3.36. The Morgan fingerprint density at radius 1 is 1.28 bits per heavy atom. The molecule has 4 nitrogen and oxygen atoms in total. The quantitative estimate of drug-likeness (QED) is 0.891. The van der Waals surface area contributed by atoms with E-state index in [1.807, 2.05) is 13.8 Å². The molecule has 1 amide bonds. The van der Waals surface area contributed by atoms with E-state index >= 15 is 0 Å². The van der Waals surface area contributed by atoms with Crippen molar-refractivity contribution in [3.05, 3.63) is 34.9 Å². The third kappa shape index (κ3) is 2.53. The maximum atomic E-state index is 12.0. The largest absolute Gasteiger partial charge is 0.478 e. The lowest BCUT2D eigenvalue weighted by Crippen LogP contribution is -2.26. The lowest BCUT2D eigenvalue weighted by molar-refractivity contribution is -0.132. The van der Waals surface area contributed by atoms with Crippen molar-refractivity contribution >= 4 is 11.9 Å². The van der Waals surface area contributed by atoms with Crippen molar-refractivity contribution in [2.75, 3.05) is 0 Å². The first-order valence-corrected chi connectivity index (χ1v) is 6.10. The highest BCUT2D eigenvalue weighted by atomic mass is 16.4. The minimum atomic E-state index is -0.926. The molecule has 0 radical (unpaired) electrons. The van der Waals surface area contributed by atoms with Crippen molar-refractivity contribution in [3.8, 4) is 0 Å². The Morgan fingerprint density at radius 2 is 1.94 bits per heavy atom. The van der Waals surface area contributed by atoms with E-state index in [2.05, 4.69) is 0 Å². The lowest BCUT2D eigenvalue weighted by atomic mass is 10.1. The van der Waals surface area contributed by atoms with E-state index in [-0.39, 0.29) is 11.5 Å². The summed E-state index contributed by atoms with van der Waals surface area (Å²) in [6.07, 6.45) is 0.541. The summed E-state index contributed by atoms with van der Waals surface area (Å²) in [5.74, 6) is -0.446. The third-order valence-electron chi connectivity index (χ3n) is 3.11. The maximum absolute atomic E-state index is 12.0. The van der Waals surface area contributed by atoms with Crippen LogP contribution in [0.1, 0.15) is 41.8 Å². The number of nitrogens with zero attached hydrogens (tertiary/aromatic N) is 1. The summed E-state index contributed by atoms with van der Waals surface area (Å²) in [5.41, 5.74) is 2.29. The fraction of sp³-hybridized carbons (Fsp3) is 0.429. The average Bonchev–Trinajstić information content (AvgIpc) is 2.70. The molecule has 0 aliphatic carbocycles. The highest BCUT2D eigenvalue weighted by Gasteiger charge is 2.24. The Hall–Kier alpha value is -1.84. The molecule has 0 aromatic heterocycles. The molecular formula is C14H17NO3. The van der Waals surface area contributed by atoms with Gasteiger partial charge in [0.15, 0.2) is 0 Å². The van der Waals surface area contributed by atoms with Crippen molar-refractivity contribution in [2.24, 2.45) is 5.92 Å². The van der Waals surface area contributed by atoms with Gasteiger partial charge in [0, 0.05) is 19.5 Å². The second kappa shape index (κ2) is 4.80. The van der Waals surface area contributed by atoms with Gasteiger partial charge in [0.1, 0.15) is 0 Å². The number of fused-ring (bicyclic) bond motifs is 1. The molecule has 0 atom stereocenters. The fourth-order valence-corrected chi connectivity index (χ4v) is 2.18. The summed E-state index contributed by atoms with van der Waals surface area (Å²) >= 11 is 0. The maximum Gasteiger partial charge on any atom is 0.335 e. The summed E-state index contributed by atoms with van der Waals surface area (Å²) in [7, 11) is 0. The molecule has 4 heteroatoms. The lowest BCUT2D eigenvalue weighted by Gasteiger charge is -2.16. The zero-order valence-corrected chi connectivity index (χ0v) is 10.6. The number of rotatable bonds is 3. The highest BCUT2D eigenvalue weighted by Crippen LogP contribution is 2.25. The van der Waals surface area contributed by atoms with Crippen LogP contribution < -0.4 is 0 Å². The topological polar surface area (TPSA) is 57.6 Å². The van der Waals surface area contributed by atoms with Crippen molar-refractivity contribution in [1.29, 1.82) is 0 Å². The van der Waals surface area contributed by atoms with Gasteiger partial charge in [-0.2, -0.15) is 0 Å². The zero-order valence-electron chi connectivity index (χ0n) is 10.6. The van der Waals surface area contributed by atoms with Crippen LogP contribution in [0.25, 0.3) is 0 Å². The van der Waals surface area contributed by atoms with Crippen LogP contribution in [-0.2, 0) is 17.9 Å². The molecule has 0 saturated heterocycles. The molecule has 0 unspecified atom stereocenters. The van der Waals surface area contributed by atoms with Crippen LogP contribution in [0.3, 0.4) is 0 Å². The van der Waals surface area contributed by atoms with Crippen LogP contribution in [0.15, 0.2) is 18.2 Å². The highest BCUT2D eigenvalue weighted by molar-refractivity contribution is 5.88. The molecule has 1 aromatic rings. The number of carboxylic acids is 1. The first kappa shape index (κ1) is 12.6. The minimum Gasteiger partial charge on any atom is -0.478 e. The monoisotopic (exact) mass is 247 g/mol. The fourth-order valence-electron chi connectivity index (χ4n) is 2.18. The zero-order chi connectivity index (χ0) is 13.3. The van der Waals surface area contributed by atoms with Gasteiger partial charge < -0.3 is 10.0 Å². The predicted octanol–water partition coefficient (Wildman–Crippen LogP) is 2.27. The molecule has 18 heavy (non-hydrogen) atoms. The van der Waals surface area contributed by atoms with Gasteiger partial charge in [-0.25, -0.2) is 4.79 Å². The Morgan fingerprint density at radius 3 is 2.56 bits per heavy atom. The number of amides is 1. The van der Waals surface area contributed by atoms with Gasteiger partial charge >= 0.3 is 5.97 Å². The summed E-state index contributed by atoms with van der Waals surface area (Å²) in [5, 5.41) is 8.93. The van der Waals surface area contributed by atoms with Crippen LogP contribution in [-0.4, -0.2) is 21.9 Å². The van der Waals surface area contributed by atoms with E-state index in [1.54, 1.807) is 23.1 Å². The van der Waals surface area contributed by atoms with Gasteiger partial charge in [-0.3, -0.25) is 4.79 Å². The van der Waals surface area contributed by atoms with Crippen molar-refractivity contribution < 1.29 is 14.7 Å². The molecule has 96 valence electrons. The van der Waals surface area contributed by atoms with Gasteiger partial charge in [-0.15, -0.1) is 0 Å². The molecule has 0 fully saturated rings. The minimum absolute atomic E-state index is 0.137. The number of carbonyl (C=O) groups is 2. The molecule has 1 aromatic carbocycles. The second-order valence-corrected chi connectivity index (χ2v) is 5.14. The molecule has 0 saturated carbocycles. The van der Waals surface area contributed by atoms with E-state index in [0.29, 0.717) is 25.4 Å². The van der Waals surface area contributed by atoms with Gasteiger partial charge in [-0.05, 0) is 29.2 Å². The van der Waals surface area contributed by atoms with Crippen molar-refractivity contribution in [2.45, 2.75) is 33.4 Å². The number of aromatic carboxylic acids is 1. The molecule has 1 aliphatic rings. The van der Waals surface area contributed by atoms with Crippen LogP contribution in [0, 0.1) is 5.92 Å².